The Hall–Kier alpha value is -2.44. The van der Waals surface area contributed by atoms with Gasteiger partial charge in [0.05, 0.1) is 6.54 Å². The second kappa shape index (κ2) is 6.98. The van der Waals surface area contributed by atoms with Gasteiger partial charge >= 0.3 is 0 Å². The van der Waals surface area contributed by atoms with E-state index in [4.69, 9.17) is 16.3 Å². The standard InChI is InChI=1S/C17H15ClFN3O2/c18-14-3-7-16(8-4-14)24-15-5-1-13(2-6-15)17(23,9-19)10-22-12-20-11-21-22/h1-8,11-12,23H,9-10H2. The van der Waals surface area contributed by atoms with Gasteiger partial charge in [0, 0.05) is 5.02 Å². The summed E-state index contributed by atoms with van der Waals surface area (Å²) in [6.45, 7) is -0.967. The number of hydrogen-bond donors (Lipinski definition) is 1. The number of halogens is 2. The van der Waals surface area contributed by atoms with E-state index in [9.17, 15) is 9.50 Å². The topological polar surface area (TPSA) is 60.2 Å². The van der Waals surface area contributed by atoms with Gasteiger partial charge in [0.2, 0.25) is 0 Å². The molecule has 0 aliphatic carbocycles. The molecule has 1 atom stereocenters. The first-order valence-electron chi connectivity index (χ1n) is 7.24. The Labute approximate surface area is 143 Å². The zero-order chi connectivity index (χ0) is 17.0. The molecule has 0 aliphatic heterocycles. The molecule has 2 aromatic carbocycles. The fraction of sp³-hybridized carbons (Fsp3) is 0.176. The fourth-order valence-corrected chi connectivity index (χ4v) is 2.39. The van der Waals surface area contributed by atoms with Gasteiger partial charge in [-0.2, -0.15) is 5.10 Å². The Balaban J connectivity index is 1.76. The fourth-order valence-electron chi connectivity index (χ4n) is 2.27. The van der Waals surface area contributed by atoms with Crippen LogP contribution in [0.15, 0.2) is 61.2 Å². The van der Waals surface area contributed by atoms with Gasteiger partial charge < -0.3 is 9.84 Å². The second-order valence-corrected chi connectivity index (χ2v) is 5.78. The quantitative estimate of drug-likeness (QED) is 0.740. The number of aliphatic hydroxyl groups is 1. The van der Waals surface area contributed by atoms with Crippen LogP contribution in [0.25, 0.3) is 0 Å². The highest BCUT2D eigenvalue weighted by molar-refractivity contribution is 6.30. The minimum Gasteiger partial charge on any atom is -0.457 e. The molecule has 0 fully saturated rings. The highest BCUT2D eigenvalue weighted by Gasteiger charge is 2.30. The summed E-state index contributed by atoms with van der Waals surface area (Å²) in [5, 5.41) is 15.1. The van der Waals surface area contributed by atoms with Crippen LogP contribution in [0, 0.1) is 0 Å². The van der Waals surface area contributed by atoms with Crippen molar-refractivity contribution >= 4 is 11.6 Å². The van der Waals surface area contributed by atoms with Crippen molar-refractivity contribution in [3.63, 3.8) is 0 Å². The molecular weight excluding hydrogens is 333 g/mol. The predicted octanol–water partition coefficient (Wildman–Crippen LogP) is 3.58. The molecule has 0 spiro atoms. The molecule has 5 nitrogen and oxygen atoms in total. The average Bonchev–Trinajstić information content (AvgIpc) is 3.10. The van der Waals surface area contributed by atoms with Crippen molar-refractivity contribution < 1.29 is 14.2 Å². The molecule has 0 aliphatic rings. The molecule has 3 aromatic rings. The van der Waals surface area contributed by atoms with Gasteiger partial charge in [-0.15, -0.1) is 0 Å². The molecule has 7 heteroatoms. The van der Waals surface area contributed by atoms with E-state index in [1.54, 1.807) is 48.5 Å². The lowest BCUT2D eigenvalue weighted by molar-refractivity contribution is -0.00840. The Morgan fingerprint density at radius 3 is 2.25 bits per heavy atom. The Morgan fingerprint density at radius 2 is 1.71 bits per heavy atom. The van der Waals surface area contributed by atoms with Crippen LogP contribution in [-0.2, 0) is 12.1 Å². The third kappa shape index (κ3) is 3.72. The Bertz CT molecular complexity index is 779. The van der Waals surface area contributed by atoms with E-state index in [1.165, 1.54) is 17.3 Å². The molecule has 3 rings (SSSR count). The van der Waals surface area contributed by atoms with Gasteiger partial charge in [-0.3, -0.25) is 0 Å². The molecule has 0 saturated heterocycles. The van der Waals surface area contributed by atoms with Crippen LogP contribution in [0.4, 0.5) is 4.39 Å². The Morgan fingerprint density at radius 1 is 1.08 bits per heavy atom. The largest absolute Gasteiger partial charge is 0.457 e. The van der Waals surface area contributed by atoms with Crippen molar-refractivity contribution in [1.82, 2.24) is 14.8 Å². The van der Waals surface area contributed by atoms with Crippen molar-refractivity contribution in [3.05, 3.63) is 71.8 Å². The molecule has 0 amide bonds. The number of alkyl halides is 1. The van der Waals surface area contributed by atoms with Gasteiger partial charge in [-0.05, 0) is 42.0 Å². The first-order valence-corrected chi connectivity index (χ1v) is 7.61. The summed E-state index contributed by atoms with van der Waals surface area (Å²) in [7, 11) is 0. The number of ether oxygens (including phenoxy) is 1. The number of nitrogens with zero attached hydrogens (tertiary/aromatic N) is 3. The minimum absolute atomic E-state index is 0.0269. The molecule has 24 heavy (non-hydrogen) atoms. The van der Waals surface area contributed by atoms with Crippen molar-refractivity contribution in [2.24, 2.45) is 0 Å². The average molecular weight is 348 g/mol. The molecule has 0 radical (unpaired) electrons. The van der Waals surface area contributed by atoms with Crippen LogP contribution in [0.3, 0.4) is 0 Å². The Kier molecular flexibility index (Phi) is 4.78. The van der Waals surface area contributed by atoms with E-state index in [0.29, 0.717) is 22.1 Å². The molecule has 0 saturated carbocycles. The molecule has 0 bridgehead atoms. The number of hydrogen-bond acceptors (Lipinski definition) is 4. The van der Waals surface area contributed by atoms with Gasteiger partial charge in [-0.1, -0.05) is 23.7 Å². The summed E-state index contributed by atoms with van der Waals surface area (Å²) in [4.78, 5) is 3.79. The lowest BCUT2D eigenvalue weighted by atomic mass is 9.95. The molecule has 1 unspecified atom stereocenters. The van der Waals surface area contributed by atoms with Crippen LogP contribution in [0.1, 0.15) is 5.56 Å². The van der Waals surface area contributed by atoms with E-state index in [0.717, 1.165) is 0 Å². The summed E-state index contributed by atoms with van der Waals surface area (Å²) in [5.41, 5.74) is -1.24. The predicted molar refractivity (Wildman–Crippen MR) is 87.9 cm³/mol. The number of rotatable bonds is 6. The van der Waals surface area contributed by atoms with Crippen LogP contribution < -0.4 is 4.74 Å². The molecular formula is C17H15ClFN3O2. The van der Waals surface area contributed by atoms with Crippen LogP contribution in [0.2, 0.25) is 5.02 Å². The summed E-state index contributed by atoms with van der Waals surface area (Å²) in [6.07, 6.45) is 2.76. The molecule has 1 N–H and O–H groups in total. The van der Waals surface area contributed by atoms with Crippen LogP contribution >= 0.6 is 11.6 Å². The van der Waals surface area contributed by atoms with Crippen molar-refractivity contribution in [2.45, 2.75) is 12.1 Å². The number of aromatic nitrogens is 3. The maximum absolute atomic E-state index is 13.4. The summed E-state index contributed by atoms with van der Waals surface area (Å²) >= 11 is 5.83. The normalized spacial score (nSPS) is 13.5. The van der Waals surface area contributed by atoms with E-state index >= 15 is 0 Å². The van der Waals surface area contributed by atoms with E-state index in [1.807, 2.05) is 0 Å². The summed E-state index contributed by atoms with van der Waals surface area (Å²) < 4.78 is 20.5. The molecule has 124 valence electrons. The lowest BCUT2D eigenvalue weighted by Crippen LogP contribution is -2.34. The molecule has 1 heterocycles. The van der Waals surface area contributed by atoms with Gasteiger partial charge in [0.1, 0.15) is 36.4 Å². The smallest absolute Gasteiger partial charge is 0.137 e. The van der Waals surface area contributed by atoms with Crippen molar-refractivity contribution in [3.8, 4) is 11.5 Å². The zero-order valence-electron chi connectivity index (χ0n) is 12.6. The van der Waals surface area contributed by atoms with Crippen LogP contribution in [0.5, 0.6) is 11.5 Å². The zero-order valence-corrected chi connectivity index (χ0v) is 13.4. The van der Waals surface area contributed by atoms with E-state index in [2.05, 4.69) is 10.1 Å². The second-order valence-electron chi connectivity index (χ2n) is 5.34. The lowest BCUT2D eigenvalue weighted by Gasteiger charge is -2.25. The molecule has 1 aromatic heterocycles. The van der Waals surface area contributed by atoms with E-state index in [-0.39, 0.29) is 6.54 Å². The summed E-state index contributed by atoms with van der Waals surface area (Å²) in [6, 6.07) is 13.6. The first-order chi connectivity index (χ1) is 11.6. The van der Waals surface area contributed by atoms with Crippen molar-refractivity contribution in [2.75, 3.05) is 6.67 Å². The highest BCUT2D eigenvalue weighted by Crippen LogP contribution is 2.28. The third-order valence-electron chi connectivity index (χ3n) is 3.55. The van der Waals surface area contributed by atoms with Gasteiger partial charge in [-0.25, -0.2) is 14.1 Å². The monoisotopic (exact) mass is 347 g/mol. The number of benzene rings is 2. The van der Waals surface area contributed by atoms with Gasteiger partial charge in [0.25, 0.3) is 0 Å². The first kappa shape index (κ1) is 16.4. The maximum atomic E-state index is 13.4. The maximum Gasteiger partial charge on any atom is 0.137 e. The van der Waals surface area contributed by atoms with Crippen molar-refractivity contribution in [1.29, 1.82) is 0 Å². The minimum atomic E-state index is -1.67. The van der Waals surface area contributed by atoms with E-state index < -0.39 is 12.3 Å². The van der Waals surface area contributed by atoms with Gasteiger partial charge in [0.15, 0.2) is 0 Å². The SMILES string of the molecule is OC(CF)(Cn1cncn1)c1ccc(Oc2ccc(Cl)cc2)cc1. The summed E-state index contributed by atoms with van der Waals surface area (Å²) in [5.74, 6) is 1.21. The van der Waals surface area contributed by atoms with Crippen LogP contribution in [-0.4, -0.2) is 26.5 Å². The highest BCUT2D eigenvalue weighted by atomic mass is 35.5. The third-order valence-corrected chi connectivity index (χ3v) is 3.80.